The summed E-state index contributed by atoms with van der Waals surface area (Å²) in [5.41, 5.74) is 0. The maximum absolute atomic E-state index is 13.0. The Morgan fingerprint density at radius 1 is 0.463 bits per heavy atom. The van der Waals surface area contributed by atoms with Crippen LogP contribution in [0.5, 0.6) is 0 Å². The van der Waals surface area contributed by atoms with E-state index in [-0.39, 0.29) is 18.5 Å². The summed E-state index contributed by atoms with van der Waals surface area (Å²) in [5, 5.41) is 54.3. The molecule has 0 aromatic heterocycles. The Bertz CT molecular complexity index is 1590. The van der Waals surface area contributed by atoms with Gasteiger partial charge in [-0.2, -0.15) is 0 Å². The van der Waals surface area contributed by atoms with Gasteiger partial charge in [-0.3, -0.25) is 9.59 Å². The lowest BCUT2D eigenvalue weighted by Crippen LogP contribution is -2.60. The number of ether oxygens (including phenoxy) is 3. The number of carbonyl (C=O) groups excluding carboxylic acids is 2. The third-order valence-electron chi connectivity index (χ3n) is 15.8. The van der Waals surface area contributed by atoms with E-state index in [4.69, 9.17) is 14.2 Å². The zero-order valence-electron chi connectivity index (χ0n) is 52.7. The molecule has 0 aromatic rings. The van der Waals surface area contributed by atoms with E-state index in [2.05, 4.69) is 79.9 Å². The lowest BCUT2D eigenvalue weighted by Gasteiger charge is -2.40. The van der Waals surface area contributed by atoms with Crippen molar-refractivity contribution < 1.29 is 49.3 Å². The number of carbonyl (C=O) groups is 2. The van der Waals surface area contributed by atoms with Gasteiger partial charge in [-0.05, 0) is 109 Å². The Labute approximate surface area is 502 Å². The van der Waals surface area contributed by atoms with Gasteiger partial charge in [0.1, 0.15) is 24.4 Å². The second-order valence-corrected chi connectivity index (χ2v) is 23.5. The average molecular weight is 1150 g/mol. The number of esters is 1. The molecule has 1 aliphatic heterocycles. The summed E-state index contributed by atoms with van der Waals surface area (Å²) in [6.07, 6.45) is 70.5. The highest BCUT2D eigenvalue weighted by Crippen LogP contribution is 2.23. The summed E-state index contributed by atoms with van der Waals surface area (Å²) in [7, 11) is 0. The summed E-state index contributed by atoms with van der Waals surface area (Å²) < 4.78 is 16.7. The highest BCUT2D eigenvalue weighted by Gasteiger charge is 2.44. The van der Waals surface area contributed by atoms with Crippen molar-refractivity contribution in [1.29, 1.82) is 0 Å². The highest BCUT2D eigenvalue weighted by atomic mass is 16.7. The summed E-state index contributed by atoms with van der Waals surface area (Å²) in [5.74, 6) is -0.206. The molecule has 0 radical (unpaired) electrons. The van der Waals surface area contributed by atoms with Crippen LogP contribution >= 0.6 is 0 Å². The largest absolute Gasteiger partial charge is 0.466 e. The minimum atomic E-state index is -1.58. The average Bonchev–Trinajstić information content (AvgIpc) is 3.50. The molecule has 0 aliphatic carbocycles. The van der Waals surface area contributed by atoms with Gasteiger partial charge in [0.15, 0.2) is 6.29 Å². The maximum atomic E-state index is 13.0. The number of amides is 1. The summed E-state index contributed by atoms with van der Waals surface area (Å²) in [6, 6.07) is -0.838. The van der Waals surface area contributed by atoms with Crippen LogP contribution in [0.1, 0.15) is 303 Å². The van der Waals surface area contributed by atoms with E-state index in [1.54, 1.807) is 6.08 Å². The number of nitrogens with one attached hydrogen (secondary N) is 1. The van der Waals surface area contributed by atoms with Gasteiger partial charge in [-0.15, -0.1) is 0 Å². The van der Waals surface area contributed by atoms with Crippen molar-refractivity contribution in [2.24, 2.45) is 0 Å². The molecule has 1 saturated heterocycles. The van der Waals surface area contributed by atoms with E-state index in [1.807, 2.05) is 6.08 Å². The van der Waals surface area contributed by atoms with Crippen molar-refractivity contribution in [3.05, 3.63) is 72.9 Å². The Kier molecular flexibility index (Phi) is 56.2. The van der Waals surface area contributed by atoms with Crippen LogP contribution in [0.25, 0.3) is 0 Å². The molecule has 7 unspecified atom stereocenters. The molecule has 0 bridgehead atoms. The van der Waals surface area contributed by atoms with Gasteiger partial charge in [-0.25, -0.2) is 0 Å². The molecule has 1 rings (SSSR count). The third kappa shape index (κ3) is 48.3. The van der Waals surface area contributed by atoms with Gasteiger partial charge >= 0.3 is 5.97 Å². The molecule has 7 atom stereocenters. The quantitative estimate of drug-likeness (QED) is 0.0195. The molecule has 1 amide bonds. The molecule has 1 heterocycles. The van der Waals surface area contributed by atoms with Crippen LogP contribution in [0.15, 0.2) is 72.9 Å². The Morgan fingerprint density at radius 3 is 1.34 bits per heavy atom. The zero-order chi connectivity index (χ0) is 59.5. The molecule has 476 valence electrons. The van der Waals surface area contributed by atoms with Crippen molar-refractivity contribution in [1.82, 2.24) is 5.32 Å². The van der Waals surface area contributed by atoms with Gasteiger partial charge < -0.3 is 45.1 Å². The first kappa shape index (κ1) is 77.1. The van der Waals surface area contributed by atoms with Crippen molar-refractivity contribution in [2.75, 3.05) is 19.8 Å². The smallest absolute Gasteiger partial charge is 0.305 e. The summed E-state index contributed by atoms with van der Waals surface area (Å²) in [6.45, 7) is 4.20. The van der Waals surface area contributed by atoms with Gasteiger partial charge in [0.05, 0.1) is 32.0 Å². The Hall–Kier alpha value is -2.90. The SMILES string of the molecule is CC/C=C/CC/C=C/CC/C=C/C(O)C(COC1OC(CO)C(O)C(O)C1O)NC(=O)CCCCCCCCCCCCC/C=C\C/C=C\CCCCCCCCCCCOC(=O)CCCCCCCCC/C=C\CCCCCCCC. The van der Waals surface area contributed by atoms with E-state index in [0.717, 1.165) is 89.9 Å². The number of unbranched alkanes of at least 4 members (excludes halogenated alkanes) is 35. The number of hydrogen-bond acceptors (Lipinski definition) is 10. The first-order chi connectivity index (χ1) is 40.2. The molecule has 1 fully saturated rings. The van der Waals surface area contributed by atoms with E-state index < -0.39 is 49.5 Å². The first-order valence-electron chi connectivity index (χ1n) is 34.2. The maximum Gasteiger partial charge on any atom is 0.305 e. The number of allylic oxidation sites excluding steroid dienone is 11. The number of aliphatic hydroxyl groups is 5. The minimum absolute atomic E-state index is 0.00340. The Morgan fingerprint density at radius 2 is 0.866 bits per heavy atom. The number of rotatable bonds is 59. The third-order valence-corrected chi connectivity index (χ3v) is 15.8. The fraction of sp³-hybridized carbons (Fsp3) is 0.803. The molecule has 6 N–H and O–H groups in total. The fourth-order valence-electron chi connectivity index (χ4n) is 10.4. The minimum Gasteiger partial charge on any atom is -0.466 e. The van der Waals surface area contributed by atoms with Gasteiger partial charge in [0, 0.05) is 12.8 Å². The predicted octanol–water partition coefficient (Wildman–Crippen LogP) is 17.1. The van der Waals surface area contributed by atoms with E-state index in [1.165, 1.54) is 186 Å². The molecule has 0 aromatic carbocycles. The van der Waals surface area contributed by atoms with E-state index in [9.17, 15) is 35.1 Å². The van der Waals surface area contributed by atoms with Crippen molar-refractivity contribution >= 4 is 11.9 Å². The molecule has 11 nitrogen and oxygen atoms in total. The van der Waals surface area contributed by atoms with Gasteiger partial charge in [0.2, 0.25) is 5.91 Å². The molecule has 82 heavy (non-hydrogen) atoms. The second kappa shape index (κ2) is 59.8. The van der Waals surface area contributed by atoms with Crippen LogP contribution in [-0.2, 0) is 23.8 Å². The lowest BCUT2D eigenvalue weighted by molar-refractivity contribution is -0.302. The molecule has 0 spiro atoms. The van der Waals surface area contributed by atoms with Crippen molar-refractivity contribution in [3.63, 3.8) is 0 Å². The first-order valence-corrected chi connectivity index (χ1v) is 34.2. The van der Waals surface area contributed by atoms with E-state index >= 15 is 0 Å². The number of aliphatic hydroxyl groups excluding tert-OH is 5. The molecule has 11 heteroatoms. The fourth-order valence-corrected chi connectivity index (χ4v) is 10.4. The Balaban J connectivity index is 1.97. The van der Waals surface area contributed by atoms with Crippen LogP contribution in [-0.4, -0.2) is 100 Å². The predicted molar refractivity (Wildman–Crippen MR) is 343 cm³/mol. The second-order valence-electron chi connectivity index (χ2n) is 23.5. The van der Waals surface area contributed by atoms with Crippen LogP contribution < -0.4 is 5.32 Å². The van der Waals surface area contributed by atoms with Gasteiger partial charge in [-0.1, -0.05) is 254 Å². The standard InChI is InChI=1S/C71H127NO10/c1-3-5-7-9-11-13-15-16-17-29-33-36-39-43-47-51-55-59-67(76)80-60-56-52-48-44-40-37-34-31-28-26-24-22-20-18-19-21-23-25-27-30-32-35-38-42-46-50-54-58-66(75)72-63(62-81-71-70(79)69(78)68(77)65(61-73)82-71)64(74)57-53-49-45-41-14-12-10-8-6-4-2/h6,8,14,16-19,22,24,41,53,57,63-65,68-71,73-74,77-79H,3-5,7,9-13,15,20-21,23,25-40,42-52,54-56,58-62H2,1-2H3,(H,72,75)/b8-6+,17-16-,19-18-,24-22-,41-14+,57-53+. The van der Waals surface area contributed by atoms with E-state index in [0.29, 0.717) is 19.4 Å². The van der Waals surface area contributed by atoms with Gasteiger partial charge in [0.25, 0.3) is 0 Å². The van der Waals surface area contributed by atoms with Crippen LogP contribution in [0, 0.1) is 0 Å². The van der Waals surface area contributed by atoms with Crippen molar-refractivity contribution in [3.8, 4) is 0 Å². The normalized spacial score (nSPS) is 18.6. The lowest BCUT2D eigenvalue weighted by atomic mass is 9.99. The molecule has 1 aliphatic rings. The van der Waals surface area contributed by atoms with Crippen LogP contribution in [0.3, 0.4) is 0 Å². The summed E-state index contributed by atoms with van der Waals surface area (Å²) in [4.78, 5) is 25.1. The van der Waals surface area contributed by atoms with Crippen LogP contribution in [0.2, 0.25) is 0 Å². The molecular weight excluding hydrogens is 1030 g/mol. The molecule has 0 saturated carbocycles. The van der Waals surface area contributed by atoms with Crippen LogP contribution in [0.4, 0.5) is 0 Å². The molecular formula is C71H127NO10. The highest BCUT2D eigenvalue weighted by molar-refractivity contribution is 5.76. The monoisotopic (exact) mass is 1150 g/mol. The summed E-state index contributed by atoms with van der Waals surface area (Å²) >= 11 is 0. The number of hydrogen-bond donors (Lipinski definition) is 6. The van der Waals surface area contributed by atoms with Crippen molar-refractivity contribution in [2.45, 2.75) is 346 Å². The topological polar surface area (TPSA) is 175 Å². The zero-order valence-corrected chi connectivity index (χ0v) is 52.7.